The lowest BCUT2D eigenvalue weighted by molar-refractivity contribution is -0.0991. The van der Waals surface area contributed by atoms with E-state index in [-0.39, 0.29) is 13.1 Å². The van der Waals surface area contributed by atoms with Crippen molar-refractivity contribution >= 4 is 7.60 Å². The molecule has 3 N–H and O–H groups in total. The molecule has 0 amide bonds. The lowest BCUT2D eigenvalue weighted by Crippen LogP contribution is -2.27. The molecule has 0 fully saturated rings. The van der Waals surface area contributed by atoms with E-state index >= 15 is 0 Å². The zero-order valence-corrected chi connectivity index (χ0v) is 9.92. The number of hydroxylamine groups is 2. The second kappa shape index (κ2) is 5.57. The van der Waals surface area contributed by atoms with Crippen LogP contribution in [0, 0.1) is 0 Å². The highest BCUT2D eigenvalue weighted by Gasteiger charge is 2.25. The Kier molecular flexibility index (Phi) is 4.65. The largest absolute Gasteiger partial charge is 0.329 e. The molecule has 1 rings (SSSR count). The van der Waals surface area contributed by atoms with Crippen LogP contribution < -0.4 is 0 Å². The molecule has 0 bridgehead atoms. The molecule has 1 aromatic carbocycles. The normalized spacial score (nSPS) is 14.1. The molecule has 0 radical (unpaired) electrons. The second-order valence-electron chi connectivity index (χ2n) is 3.77. The molecule has 0 aromatic heterocycles. The summed E-state index contributed by atoms with van der Waals surface area (Å²) in [5, 5.41) is 10.4. The summed E-state index contributed by atoms with van der Waals surface area (Å²) in [7, 11) is -4.12. The molecule has 1 aromatic rings. The third-order valence-corrected chi connectivity index (χ3v) is 3.57. The van der Waals surface area contributed by atoms with Crippen LogP contribution in [0.3, 0.4) is 0 Å². The lowest BCUT2D eigenvalue weighted by atomic mass is 10.2. The van der Waals surface area contributed by atoms with E-state index in [0.717, 1.165) is 10.6 Å². The van der Waals surface area contributed by atoms with Crippen molar-refractivity contribution in [2.45, 2.75) is 19.1 Å². The molecule has 5 nitrogen and oxygen atoms in total. The molecule has 0 saturated heterocycles. The van der Waals surface area contributed by atoms with Gasteiger partial charge in [0.2, 0.25) is 0 Å². The van der Waals surface area contributed by atoms with Crippen molar-refractivity contribution in [3.63, 3.8) is 0 Å². The molecule has 0 aliphatic rings. The third kappa shape index (κ3) is 4.43. The fraction of sp³-hybridized carbons (Fsp3) is 0.400. The summed E-state index contributed by atoms with van der Waals surface area (Å²) in [6, 6.07) is 9.23. The number of benzene rings is 1. The third-order valence-electron chi connectivity index (χ3n) is 2.26. The summed E-state index contributed by atoms with van der Waals surface area (Å²) in [5.74, 6) is 0. The molecule has 0 aliphatic heterocycles. The van der Waals surface area contributed by atoms with Gasteiger partial charge in [0.15, 0.2) is 0 Å². The monoisotopic (exact) mass is 245 g/mol. The van der Waals surface area contributed by atoms with Gasteiger partial charge in [0, 0.05) is 13.1 Å². The highest BCUT2D eigenvalue weighted by molar-refractivity contribution is 7.52. The Morgan fingerprint density at radius 2 is 1.88 bits per heavy atom. The van der Waals surface area contributed by atoms with Crippen molar-refractivity contribution in [3.8, 4) is 0 Å². The number of nitrogens with zero attached hydrogens (tertiary/aromatic N) is 1. The van der Waals surface area contributed by atoms with E-state index in [9.17, 15) is 9.77 Å². The van der Waals surface area contributed by atoms with E-state index in [4.69, 9.17) is 9.79 Å². The summed E-state index contributed by atoms with van der Waals surface area (Å²) in [6.07, 6.45) is 0. The van der Waals surface area contributed by atoms with Gasteiger partial charge in [0.25, 0.3) is 0 Å². The van der Waals surface area contributed by atoms with Gasteiger partial charge in [0.1, 0.15) is 0 Å². The minimum atomic E-state index is -4.12. The fourth-order valence-electron chi connectivity index (χ4n) is 1.27. The average Bonchev–Trinajstić information content (AvgIpc) is 2.17. The van der Waals surface area contributed by atoms with Gasteiger partial charge < -0.3 is 15.0 Å². The molecule has 0 spiro atoms. The lowest BCUT2D eigenvalue weighted by Gasteiger charge is -2.20. The molecule has 90 valence electrons. The topological polar surface area (TPSA) is 81.0 Å². The Morgan fingerprint density at radius 3 is 2.38 bits per heavy atom. The minimum Gasteiger partial charge on any atom is -0.324 e. The van der Waals surface area contributed by atoms with Gasteiger partial charge in [-0.2, -0.15) is 5.06 Å². The molecule has 6 heteroatoms. The Morgan fingerprint density at radius 1 is 1.31 bits per heavy atom. The Labute approximate surface area is 94.5 Å². The average molecular weight is 245 g/mol. The predicted octanol–water partition coefficient (Wildman–Crippen LogP) is 1.44. The number of hydrogen-bond donors (Lipinski definition) is 3. The van der Waals surface area contributed by atoms with Gasteiger partial charge in [-0.15, -0.1) is 0 Å². The second-order valence-corrected chi connectivity index (χ2v) is 5.83. The highest BCUT2D eigenvalue weighted by Crippen LogP contribution is 2.40. The van der Waals surface area contributed by atoms with E-state index in [1.54, 1.807) is 0 Å². The van der Waals surface area contributed by atoms with Gasteiger partial charge in [0.05, 0.1) is 5.66 Å². The first-order valence-electron chi connectivity index (χ1n) is 4.92. The maximum atomic E-state index is 10.9. The smallest absolute Gasteiger partial charge is 0.324 e. The maximum absolute atomic E-state index is 10.9. The first-order chi connectivity index (χ1) is 7.39. The van der Waals surface area contributed by atoms with Gasteiger partial charge in [-0.3, -0.25) is 4.57 Å². The van der Waals surface area contributed by atoms with Crippen molar-refractivity contribution in [3.05, 3.63) is 35.9 Å². The van der Waals surface area contributed by atoms with Crippen LogP contribution >= 0.6 is 7.60 Å². The molecule has 1 atom stereocenters. The van der Waals surface area contributed by atoms with Crippen LogP contribution in [0.15, 0.2) is 30.3 Å². The molecule has 1 unspecified atom stereocenters. The molecule has 0 aliphatic carbocycles. The van der Waals surface area contributed by atoms with Gasteiger partial charge in [-0.05, 0) is 12.5 Å². The van der Waals surface area contributed by atoms with E-state index in [1.165, 1.54) is 6.92 Å². The van der Waals surface area contributed by atoms with Crippen LogP contribution in [0.4, 0.5) is 0 Å². The van der Waals surface area contributed by atoms with Crippen LogP contribution in [0.2, 0.25) is 0 Å². The van der Waals surface area contributed by atoms with Crippen LogP contribution in [-0.4, -0.2) is 32.3 Å². The summed E-state index contributed by atoms with van der Waals surface area (Å²) >= 11 is 0. The standard InChI is InChI=1S/C10H16NO4P/c1-9(16(13,14)15)7-11(12)8-10-5-3-2-4-6-10/h2-6,9,12H,7-8H2,1H3,(H2,13,14,15). The minimum absolute atomic E-state index is 0.0564. The van der Waals surface area contributed by atoms with Crippen molar-refractivity contribution in [1.29, 1.82) is 0 Å². The SMILES string of the molecule is CC(CN(O)Cc1ccccc1)P(=O)(O)O. The molecule has 0 saturated carbocycles. The Bertz CT molecular complexity index is 364. The van der Waals surface area contributed by atoms with E-state index in [1.807, 2.05) is 30.3 Å². The van der Waals surface area contributed by atoms with Gasteiger partial charge >= 0.3 is 7.60 Å². The summed E-state index contributed by atoms with van der Waals surface area (Å²) in [4.78, 5) is 17.7. The quantitative estimate of drug-likeness (QED) is 0.540. The first-order valence-corrected chi connectivity index (χ1v) is 6.60. The van der Waals surface area contributed by atoms with Crippen LogP contribution in [0.25, 0.3) is 0 Å². The maximum Gasteiger partial charge on any atom is 0.329 e. The molecule has 16 heavy (non-hydrogen) atoms. The van der Waals surface area contributed by atoms with Crippen molar-refractivity contribution in [2.24, 2.45) is 0 Å². The number of rotatable bonds is 5. The Balaban J connectivity index is 2.48. The zero-order valence-electron chi connectivity index (χ0n) is 9.02. The van der Waals surface area contributed by atoms with Gasteiger partial charge in [-0.1, -0.05) is 30.3 Å². The zero-order chi connectivity index (χ0) is 12.2. The van der Waals surface area contributed by atoms with E-state index in [2.05, 4.69) is 0 Å². The van der Waals surface area contributed by atoms with Crippen LogP contribution in [-0.2, 0) is 11.1 Å². The van der Waals surface area contributed by atoms with Crippen molar-refractivity contribution in [2.75, 3.05) is 6.54 Å². The highest BCUT2D eigenvalue weighted by atomic mass is 31.2. The van der Waals surface area contributed by atoms with Crippen LogP contribution in [0.1, 0.15) is 12.5 Å². The van der Waals surface area contributed by atoms with Crippen molar-refractivity contribution < 1.29 is 19.6 Å². The molecule has 0 heterocycles. The Hall–Kier alpha value is -0.710. The summed E-state index contributed by atoms with van der Waals surface area (Å²) < 4.78 is 10.9. The van der Waals surface area contributed by atoms with Gasteiger partial charge in [-0.25, -0.2) is 0 Å². The fourth-order valence-corrected chi connectivity index (χ4v) is 1.67. The van der Waals surface area contributed by atoms with Crippen LogP contribution in [0.5, 0.6) is 0 Å². The van der Waals surface area contributed by atoms with E-state index < -0.39 is 13.3 Å². The molecular formula is C10H16NO4P. The van der Waals surface area contributed by atoms with Crippen molar-refractivity contribution in [1.82, 2.24) is 5.06 Å². The number of hydrogen-bond acceptors (Lipinski definition) is 3. The molecular weight excluding hydrogens is 229 g/mol. The first kappa shape index (κ1) is 13.4. The van der Waals surface area contributed by atoms with E-state index in [0.29, 0.717) is 0 Å². The predicted molar refractivity (Wildman–Crippen MR) is 60.1 cm³/mol. The summed E-state index contributed by atoms with van der Waals surface area (Å²) in [5.41, 5.74) is 0.0177. The summed E-state index contributed by atoms with van der Waals surface area (Å²) in [6.45, 7) is 1.61.